The molecule has 2 amide bonds. The molecule has 3 aliphatic rings. The molecule has 4 heterocycles. The van der Waals surface area contributed by atoms with Gasteiger partial charge in [-0.25, -0.2) is 0 Å². The third-order valence-corrected chi connectivity index (χ3v) is 7.71. The summed E-state index contributed by atoms with van der Waals surface area (Å²) in [5, 5.41) is 3.27. The molecule has 1 aromatic carbocycles. The van der Waals surface area contributed by atoms with Crippen LogP contribution < -0.4 is 10.2 Å². The quantitative estimate of drug-likeness (QED) is 0.734. The maximum absolute atomic E-state index is 13.3. The Labute approximate surface area is 201 Å². The number of piperidine rings is 2. The number of rotatable bonds is 3. The number of likely N-dealkylation sites (N-methyl/N-ethyl adjacent to an activating group) is 1. The predicted octanol–water partition coefficient (Wildman–Crippen LogP) is 3.05. The molecule has 0 aliphatic carbocycles. The number of nitrogens with zero attached hydrogens (tertiary/aromatic N) is 4. The van der Waals surface area contributed by atoms with Gasteiger partial charge in [-0.2, -0.15) is 4.98 Å². The number of benzene rings is 1. The van der Waals surface area contributed by atoms with Crippen LogP contribution in [0.5, 0.6) is 0 Å². The Morgan fingerprint density at radius 1 is 1.15 bits per heavy atom. The van der Waals surface area contributed by atoms with Crippen molar-refractivity contribution in [1.29, 1.82) is 0 Å². The molecule has 2 aromatic rings. The van der Waals surface area contributed by atoms with E-state index in [1.807, 2.05) is 37.1 Å². The number of halogens is 1. The summed E-state index contributed by atoms with van der Waals surface area (Å²) in [4.78, 5) is 36.6. The molecular weight excluding hydrogens is 442 g/mol. The van der Waals surface area contributed by atoms with Crippen LogP contribution in [0.4, 0.5) is 6.01 Å². The third kappa shape index (κ3) is 4.19. The van der Waals surface area contributed by atoms with Crippen LogP contribution in [-0.2, 0) is 4.79 Å². The van der Waals surface area contributed by atoms with E-state index in [1.54, 1.807) is 4.90 Å². The molecule has 1 aromatic heterocycles. The monoisotopic (exact) mass is 475 g/mol. The number of piperazine rings is 1. The molecule has 0 radical (unpaired) electrons. The topological polar surface area (TPSA) is 81.9 Å². The van der Waals surface area contributed by atoms with Crippen molar-refractivity contribution < 1.29 is 14.0 Å². The number of anilines is 1. The first-order valence-electron chi connectivity index (χ1n) is 11.8. The first-order valence-corrected chi connectivity index (χ1v) is 11.8. The lowest BCUT2D eigenvalue weighted by Crippen LogP contribution is -2.59. The summed E-state index contributed by atoms with van der Waals surface area (Å²) < 4.78 is 6.04. The third-order valence-electron chi connectivity index (χ3n) is 7.71. The second kappa shape index (κ2) is 9.14. The molecule has 0 saturated carbocycles. The number of nitrogens with one attached hydrogen (secondary N) is 1. The summed E-state index contributed by atoms with van der Waals surface area (Å²) in [6, 6.07) is 6.86. The average molecular weight is 476 g/mol. The standard InChI is InChI=1S/C24H33N5O3.ClH/c1-14-13-27(3)23(31)15(2)29(14)24-26-21-19(9-6-10-20(21)32-24)22(30)25-16-11-17-7-5-8-18(12-16)28(17)4;/h6,9-10,14-18H,5,7-8,11-13H2,1-4H3,(H,25,30);1H/t14-,15-,16?,17?,18?;/m0./s1. The molecule has 3 saturated heterocycles. The van der Waals surface area contributed by atoms with Crippen LogP contribution in [0.15, 0.2) is 22.6 Å². The summed E-state index contributed by atoms with van der Waals surface area (Å²) in [7, 11) is 4.04. The molecular formula is C24H34ClN5O3. The van der Waals surface area contributed by atoms with Crippen molar-refractivity contribution in [3.05, 3.63) is 23.8 Å². The Morgan fingerprint density at radius 2 is 1.85 bits per heavy atom. The van der Waals surface area contributed by atoms with Gasteiger partial charge in [0, 0.05) is 37.8 Å². The van der Waals surface area contributed by atoms with Gasteiger partial charge in [0.1, 0.15) is 11.6 Å². The van der Waals surface area contributed by atoms with Crippen LogP contribution in [0, 0.1) is 0 Å². The normalized spacial score (nSPS) is 30.3. The number of fused-ring (bicyclic) bond motifs is 3. The summed E-state index contributed by atoms with van der Waals surface area (Å²) >= 11 is 0. The largest absolute Gasteiger partial charge is 0.423 e. The molecule has 8 nitrogen and oxygen atoms in total. The predicted molar refractivity (Wildman–Crippen MR) is 130 cm³/mol. The first kappa shape index (κ1) is 23.8. The van der Waals surface area contributed by atoms with Crippen LogP contribution >= 0.6 is 12.4 Å². The Kier molecular flexibility index (Phi) is 6.60. The number of carbonyl (C=O) groups excluding carboxylic acids is 2. The fourth-order valence-electron chi connectivity index (χ4n) is 5.98. The van der Waals surface area contributed by atoms with Crippen LogP contribution in [-0.4, -0.2) is 77.4 Å². The van der Waals surface area contributed by atoms with Gasteiger partial charge in [-0.15, -0.1) is 12.4 Å². The highest BCUT2D eigenvalue weighted by atomic mass is 35.5. The molecule has 5 rings (SSSR count). The van der Waals surface area contributed by atoms with Crippen LogP contribution in [0.3, 0.4) is 0 Å². The highest BCUT2D eigenvalue weighted by molar-refractivity contribution is 6.05. The molecule has 9 heteroatoms. The Hall–Kier alpha value is -2.32. The lowest BCUT2D eigenvalue weighted by Gasteiger charge is -2.47. The van der Waals surface area contributed by atoms with Crippen molar-refractivity contribution in [2.75, 3.05) is 25.5 Å². The number of oxazole rings is 1. The van der Waals surface area contributed by atoms with E-state index in [-0.39, 0.29) is 42.3 Å². The van der Waals surface area contributed by atoms with Crippen molar-refractivity contribution in [3.63, 3.8) is 0 Å². The maximum Gasteiger partial charge on any atom is 0.299 e. The van der Waals surface area contributed by atoms with Gasteiger partial charge >= 0.3 is 0 Å². The Balaban J connectivity index is 0.00000259. The maximum atomic E-state index is 13.3. The summed E-state index contributed by atoms with van der Waals surface area (Å²) in [5.74, 6) is -0.0604. The van der Waals surface area contributed by atoms with Crippen molar-refractivity contribution in [3.8, 4) is 0 Å². The number of carbonyl (C=O) groups is 2. The van der Waals surface area contributed by atoms with Gasteiger partial charge in [0.25, 0.3) is 11.9 Å². The number of para-hydroxylation sites is 1. The van der Waals surface area contributed by atoms with Gasteiger partial charge in [-0.05, 0) is 58.7 Å². The fraction of sp³-hybridized carbons (Fsp3) is 0.625. The number of hydrogen-bond donors (Lipinski definition) is 1. The van der Waals surface area contributed by atoms with Crippen LogP contribution in [0.1, 0.15) is 56.3 Å². The van der Waals surface area contributed by atoms with Gasteiger partial charge in [0.05, 0.1) is 5.56 Å². The zero-order chi connectivity index (χ0) is 22.6. The minimum Gasteiger partial charge on any atom is -0.423 e. The number of amides is 2. The lowest BCUT2D eigenvalue weighted by molar-refractivity contribution is -0.133. The molecule has 2 bridgehead atoms. The Bertz CT molecular complexity index is 1030. The van der Waals surface area contributed by atoms with E-state index in [2.05, 4.69) is 24.2 Å². The minimum absolute atomic E-state index is 0. The van der Waals surface area contributed by atoms with Crippen molar-refractivity contribution in [2.45, 2.75) is 76.2 Å². The molecule has 3 fully saturated rings. The van der Waals surface area contributed by atoms with E-state index in [4.69, 9.17) is 9.40 Å². The summed E-state index contributed by atoms with van der Waals surface area (Å²) in [6.07, 6.45) is 5.70. The second-order valence-electron chi connectivity index (χ2n) is 9.85. The van der Waals surface area contributed by atoms with E-state index < -0.39 is 0 Å². The molecule has 33 heavy (non-hydrogen) atoms. The molecule has 2 unspecified atom stereocenters. The van der Waals surface area contributed by atoms with Crippen LogP contribution in [0.2, 0.25) is 0 Å². The highest BCUT2D eigenvalue weighted by Gasteiger charge is 2.38. The van der Waals surface area contributed by atoms with E-state index in [0.717, 1.165) is 12.8 Å². The van der Waals surface area contributed by atoms with Crippen molar-refractivity contribution in [1.82, 2.24) is 20.1 Å². The lowest BCUT2D eigenvalue weighted by atomic mass is 9.82. The zero-order valence-corrected chi connectivity index (χ0v) is 20.6. The van der Waals surface area contributed by atoms with Gasteiger partial charge in [0.15, 0.2) is 5.58 Å². The van der Waals surface area contributed by atoms with Gasteiger partial charge < -0.3 is 24.4 Å². The second-order valence-corrected chi connectivity index (χ2v) is 9.85. The zero-order valence-electron chi connectivity index (χ0n) is 19.8. The summed E-state index contributed by atoms with van der Waals surface area (Å²) in [6.45, 7) is 4.53. The van der Waals surface area contributed by atoms with E-state index >= 15 is 0 Å². The van der Waals surface area contributed by atoms with Crippen molar-refractivity contribution >= 4 is 41.3 Å². The fourth-order valence-corrected chi connectivity index (χ4v) is 5.98. The van der Waals surface area contributed by atoms with Gasteiger partial charge in [0.2, 0.25) is 5.91 Å². The highest BCUT2D eigenvalue weighted by Crippen LogP contribution is 2.33. The average Bonchev–Trinajstić information content (AvgIpc) is 3.16. The van der Waals surface area contributed by atoms with E-state index in [0.29, 0.717) is 41.3 Å². The smallest absolute Gasteiger partial charge is 0.299 e. The molecule has 1 N–H and O–H groups in total. The van der Waals surface area contributed by atoms with Gasteiger partial charge in [-0.1, -0.05) is 12.5 Å². The van der Waals surface area contributed by atoms with Gasteiger partial charge in [-0.3, -0.25) is 9.59 Å². The molecule has 180 valence electrons. The molecule has 4 atom stereocenters. The van der Waals surface area contributed by atoms with E-state index in [1.165, 1.54) is 19.3 Å². The SMILES string of the molecule is C[C@H]1CN(C)C(=O)[C@H](C)N1c1nc2c(C(=O)NC3CC4CCCC(C3)N4C)cccc2o1.Cl. The van der Waals surface area contributed by atoms with Crippen molar-refractivity contribution in [2.24, 2.45) is 0 Å². The molecule has 0 spiro atoms. The Morgan fingerprint density at radius 3 is 2.55 bits per heavy atom. The number of aromatic nitrogens is 1. The minimum atomic E-state index is -0.368. The van der Waals surface area contributed by atoms with E-state index in [9.17, 15) is 9.59 Å². The summed E-state index contributed by atoms with van der Waals surface area (Å²) in [5.41, 5.74) is 1.65. The molecule has 3 aliphatic heterocycles. The first-order chi connectivity index (χ1) is 15.3. The van der Waals surface area contributed by atoms with Crippen LogP contribution in [0.25, 0.3) is 11.1 Å². The number of hydrogen-bond acceptors (Lipinski definition) is 6.